The molecule has 0 saturated carbocycles. The minimum atomic E-state index is -0.979. The average molecular weight is 365 g/mol. The van der Waals surface area contributed by atoms with Gasteiger partial charge in [-0.1, -0.05) is 11.6 Å². The van der Waals surface area contributed by atoms with Crippen LogP contribution in [-0.4, -0.2) is 38.4 Å². The van der Waals surface area contributed by atoms with E-state index in [9.17, 15) is 24.8 Å². The number of carbonyl (C=O) groups is 1. The van der Waals surface area contributed by atoms with Gasteiger partial charge in [0.2, 0.25) is 0 Å². The molecule has 0 amide bonds. The molecule has 1 aromatic heterocycles. The van der Waals surface area contributed by atoms with Gasteiger partial charge in [0.1, 0.15) is 11.1 Å². The normalized spacial score (nSPS) is 16.8. The lowest BCUT2D eigenvalue weighted by Crippen LogP contribution is -2.37. The molecule has 0 bridgehead atoms. The number of nitro groups is 1. The summed E-state index contributed by atoms with van der Waals surface area (Å²) in [5, 5.41) is 23.9. The maximum Gasteiger partial charge on any atom is 0.326 e. The smallest absolute Gasteiger partial charge is 0.326 e. The highest BCUT2D eigenvalue weighted by molar-refractivity contribution is 6.33. The Balaban J connectivity index is 1.99. The quantitative estimate of drug-likeness (QED) is 0.649. The second-order valence-corrected chi connectivity index (χ2v) is 5.90. The molecule has 2 heterocycles. The van der Waals surface area contributed by atoms with Gasteiger partial charge in [0.15, 0.2) is 0 Å². The summed E-state index contributed by atoms with van der Waals surface area (Å²) in [6.07, 6.45) is 2.49. The van der Waals surface area contributed by atoms with Crippen molar-refractivity contribution in [2.45, 2.75) is 18.9 Å². The lowest BCUT2D eigenvalue weighted by Gasteiger charge is -2.24. The Labute approximate surface area is 146 Å². The highest BCUT2D eigenvalue weighted by Crippen LogP contribution is 2.29. The van der Waals surface area contributed by atoms with Gasteiger partial charge in [0.25, 0.3) is 11.2 Å². The monoisotopic (exact) mass is 364 g/mol. The Morgan fingerprint density at radius 3 is 2.64 bits per heavy atom. The number of carboxylic acid groups (broad SMARTS) is 1. The average Bonchev–Trinajstić information content (AvgIpc) is 3.07. The van der Waals surface area contributed by atoms with E-state index in [1.165, 1.54) is 30.5 Å². The van der Waals surface area contributed by atoms with E-state index in [0.717, 1.165) is 4.68 Å². The van der Waals surface area contributed by atoms with Gasteiger partial charge in [-0.2, -0.15) is 9.78 Å². The third kappa shape index (κ3) is 3.05. The number of halogens is 1. The topological polar surface area (TPSA) is 119 Å². The molecule has 9 nitrogen and oxygen atoms in total. The molecule has 0 aliphatic carbocycles. The van der Waals surface area contributed by atoms with E-state index in [0.29, 0.717) is 25.1 Å². The Morgan fingerprint density at radius 2 is 2.04 bits per heavy atom. The first-order valence-electron chi connectivity index (χ1n) is 7.42. The fourth-order valence-electron chi connectivity index (χ4n) is 2.84. The summed E-state index contributed by atoms with van der Waals surface area (Å²) >= 11 is 6.16. The van der Waals surface area contributed by atoms with Gasteiger partial charge in [0, 0.05) is 18.7 Å². The van der Waals surface area contributed by atoms with Crippen LogP contribution in [0.5, 0.6) is 0 Å². The van der Waals surface area contributed by atoms with Crippen LogP contribution in [0.1, 0.15) is 12.8 Å². The van der Waals surface area contributed by atoms with Crippen LogP contribution >= 0.6 is 11.6 Å². The van der Waals surface area contributed by atoms with Crippen molar-refractivity contribution < 1.29 is 14.8 Å². The van der Waals surface area contributed by atoms with Gasteiger partial charge in [-0.05, 0) is 25.0 Å². The molecule has 0 radical (unpaired) electrons. The van der Waals surface area contributed by atoms with Gasteiger partial charge in [-0.15, -0.1) is 0 Å². The van der Waals surface area contributed by atoms with Crippen molar-refractivity contribution in [3.63, 3.8) is 0 Å². The van der Waals surface area contributed by atoms with Crippen LogP contribution < -0.4 is 10.5 Å². The lowest BCUT2D eigenvalue weighted by molar-refractivity contribution is -0.384. The van der Waals surface area contributed by atoms with Crippen molar-refractivity contribution in [3.8, 4) is 5.69 Å². The summed E-state index contributed by atoms with van der Waals surface area (Å²) in [4.78, 5) is 35.5. The SMILES string of the molecule is O=C(O)C1CCCN1c1cnn(-c2ccc([N+](=O)[O-])cc2)c(=O)c1Cl. The number of aromatic nitrogens is 2. The second kappa shape index (κ2) is 6.52. The molecular weight excluding hydrogens is 352 g/mol. The third-order valence-corrected chi connectivity index (χ3v) is 4.41. The molecule has 3 rings (SSSR count). The summed E-state index contributed by atoms with van der Waals surface area (Å²) in [7, 11) is 0. The Morgan fingerprint density at radius 1 is 1.36 bits per heavy atom. The van der Waals surface area contributed by atoms with Crippen LogP contribution in [0.2, 0.25) is 5.02 Å². The zero-order valence-electron chi connectivity index (χ0n) is 12.8. The Hall–Kier alpha value is -2.94. The van der Waals surface area contributed by atoms with E-state index in [-0.39, 0.29) is 16.4 Å². The number of hydrogen-bond donors (Lipinski definition) is 1. The number of anilines is 1. The molecule has 1 atom stereocenters. The van der Waals surface area contributed by atoms with Gasteiger partial charge in [0.05, 0.1) is 22.5 Å². The Kier molecular flexibility index (Phi) is 4.41. The van der Waals surface area contributed by atoms with Crippen LogP contribution in [0.3, 0.4) is 0 Å². The minimum absolute atomic E-state index is 0.110. The zero-order chi connectivity index (χ0) is 18.1. The Bertz CT molecular complexity index is 896. The van der Waals surface area contributed by atoms with Crippen LogP contribution in [0.4, 0.5) is 11.4 Å². The molecule has 1 saturated heterocycles. The molecule has 1 aliphatic heterocycles. The molecule has 0 spiro atoms. The third-order valence-electron chi connectivity index (χ3n) is 4.05. The summed E-state index contributed by atoms with van der Waals surface area (Å²) in [5.41, 5.74) is -0.139. The molecule has 25 heavy (non-hydrogen) atoms. The second-order valence-electron chi connectivity index (χ2n) is 5.52. The van der Waals surface area contributed by atoms with Gasteiger partial charge < -0.3 is 10.0 Å². The first kappa shape index (κ1) is 16.9. The van der Waals surface area contributed by atoms with Crippen LogP contribution in [-0.2, 0) is 4.79 Å². The lowest BCUT2D eigenvalue weighted by atomic mass is 10.2. The molecule has 1 N–H and O–H groups in total. The van der Waals surface area contributed by atoms with E-state index in [1.54, 1.807) is 4.90 Å². The van der Waals surface area contributed by atoms with Crippen LogP contribution in [0.15, 0.2) is 35.3 Å². The largest absolute Gasteiger partial charge is 0.480 e. The first-order chi connectivity index (χ1) is 11.9. The van der Waals surface area contributed by atoms with Crippen molar-refractivity contribution in [2.24, 2.45) is 0 Å². The van der Waals surface area contributed by atoms with Crippen molar-refractivity contribution in [3.05, 3.63) is 56.0 Å². The summed E-state index contributed by atoms with van der Waals surface area (Å²) in [5.74, 6) is -0.979. The summed E-state index contributed by atoms with van der Waals surface area (Å²) in [6, 6.07) is 4.55. The zero-order valence-corrected chi connectivity index (χ0v) is 13.6. The number of rotatable bonds is 4. The molecule has 1 fully saturated rings. The number of nitrogens with zero attached hydrogens (tertiary/aromatic N) is 4. The fraction of sp³-hybridized carbons (Fsp3) is 0.267. The predicted octanol–water partition coefficient (Wildman–Crippen LogP) is 1.85. The van der Waals surface area contributed by atoms with E-state index < -0.39 is 22.5 Å². The minimum Gasteiger partial charge on any atom is -0.480 e. The molecule has 2 aromatic rings. The molecule has 1 unspecified atom stereocenters. The highest BCUT2D eigenvalue weighted by Gasteiger charge is 2.32. The van der Waals surface area contributed by atoms with Gasteiger partial charge in [-0.25, -0.2) is 4.79 Å². The molecule has 130 valence electrons. The maximum absolute atomic E-state index is 12.5. The predicted molar refractivity (Wildman–Crippen MR) is 89.5 cm³/mol. The number of aliphatic carboxylic acids is 1. The van der Waals surface area contributed by atoms with E-state index in [2.05, 4.69) is 5.10 Å². The first-order valence-corrected chi connectivity index (χ1v) is 7.80. The highest BCUT2D eigenvalue weighted by atomic mass is 35.5. The molecule has 1 aliphatic rings. The van der Waals surface area contributed by atoms with Crippen molar-refractivity contribution in [2.75, 3.05) is 11.4 Å². The van der Waals surface area contributed by atoms with E-state index in [4.69, 9.17) is 11.6 Å². The molecule has 10 heteroatoms. The number of hydrogen-bond acceptors (Lipinski definition) is 6. The fourth-order valence-corrected chi connectivity index (χ4v) is 3.07. The number of carboxylic acids is 1. The van der Waals surface area contributed by atoms with Crippen LogP contribution in [0, 0.1) is 10.1 Å². The van der Waals surface area contributed by atoms with Crippen molar-refractivity contribution >= 4 is 28.9 Å². The van der Waals surface area contributed by atoms with Crippen LogP contribution in [0.25, 0.3) is 5.69 Å². The van der Waals surface area contributed by atoms with Gasteiger partial charge in [-0.3, -0.25) is 14.9 Å². The van der Waals surface area contributed by atoms with Crippen molar-refractivity contribution in [1.82, 2.24) is 9.78 Å². The maximum atomic E-state index is 12.5. The number of benzene rings is 1. The van der Waals surface area contributed by atoms with E-state index in [1.807, 2.05) is 0 Å². The summed E-state index contributed by atoms with van der Waals surface area (Å²) < 4.78 is 1.02. The van der Waals surface area contributed by atoms with E-state index >= 15 is 0 Å². The summed E-state index contributed by atoms with van der Waals surface area (Å²) in [6.45, 7) is 0.472. The van der Waals surface area contributed by atoms with Gasteiger partial charge >= 0.3 is 5.97 Å². The molecular formula is C15H13ClN4O5. The number of nitro benzene ring substituents is 1. The van der Waals surface area contributed by atoms with Crippen molar-refractivity contribution in [1.29, 1.82) is 0 Å². The molecule has 1 aromatic carbocycles. The standard InChI is InChI=1S/C15H13ClN4O5/c16-13-12(18-7-1-2-11(18)15(22)23)8-17-19(14(13)21)9-3-5-10(6-4-9)20(24)25/h3-6,8,11H,1-2,7H2,(H,22,23). The number of non-ortho nitro benzene ring substituents is 1.